The van der Waals surface area contributed by atoms with Crippen molar-refractivity contribution >= 4 is 11.9 Å². The van der Waals surface area contributed by atoms with Crippen molar-refractivity contribution in [2.24, 2.45) is 0 Å². The number of carbonyl (C=O) groups excluding carboxylic acids is 1. The second-order valence-electron chi connectivity index (χ2n) is 3.34. The lowest BCUT2D eigenvalue weighted by Crippen LogP contribution is -2.27. The minimum absolute atomic E-state index is 0.0505. The zero-order valence-corrected chi connectivity index (χ0v) is 9.23. The Morgan fingerprint density at radius 3 is 2.76 bits per heavy atom. The Hall–Kier alpha value is -2.42. The Kier molecular flexibility index (Phi) is 4.17. The van der Waals surface area contributed by atoms with Gasteiger partial charge in [-0.2, -0.15) is 5.26 Å². The summed E-state index contributed by atoms with van der Waals surface area (Å²) in [5.74, 6) is -1.42. The third-order valence-electron chi connectivity index (χ3n) is 2.06. The largest absolute Gasteiger partial charge is 0.481 e. The van der Waals surface area contributed by atoms with E-state index in [1.165, 1.54) is 12.1 Å². The second kappa shape index (κ2) is 5.61. The molecule has 1 aromatic rings. The van der Waals surface area contributed by atoms with Gasteiger partial charge < -0.3 is 10.4 Å². The third kappa shape index (κ3) is 3.57. The van der Waals surface area contributed by atoms with Gasteiger partial charge in [0, 0.05) is 6.54 Å². The lowest BCUT2D eigenvalue weighted by Gasteiger charge is -2.04. The number of aryl methyl sites for hydroxylation is 1. The van der Waals surface area contributed by atoms with Crippen molar-refractivity contribution in [3.63, 3.8) is 0 Å². The quantitative estimate of drug-likeness (QED) is 0.786. The number of carbonyl (C=O) groups is 2. The summed E-state index contributed by atoms with van der Waals surface area (Å²) in [5, 5.41) is 19.5. The molecule has 6 nitrogen and oxygen atoms in total. The van der Waals surface area contributed by atoms with Crippen LogP contribution in [0.3, 0.4) is 0 Å². The molecular formula is C11H11N3O3. The molecule has 0 saturated heterocycles. The van der Waals surface area contributed by atoms with E-state index in [0.717, 1.165) is 0 Å². The predicted molar refractivity (Wildman–Crippen MR) is 58.3 cm³/mol. The molecular weight excluding hydrogens is 222 g/mol. The molecule has 1 rings (SSSR count). The summed E-state index contributed by atoms with van der Waals surface area (Å²) in [6.45, 7) is 1.68. The topological polar surface area (TPSA) is 103 Å². The van der Waals surface area contributed by atoms with Gasteiger partial charge in [-0.15, -0.1) is 0 Å². The zero-order valence-electron chi connectivity index (χ0n) is 9.23. The number of carboxylic acids is 1. The van der Waals surface area contributed by atoms with Gasteiger partial charge in [0.25, 0.3) is 5.91 Å². The van der Waals surface area contributed by atoms with E-state index in [2.05, 4.69) is 10.3 Å². The molecule has 0 unspecified atom stereocenters. The summed E-state index contributed by atoms with van der Waals surface area (Å²) in [7, 11) is 0. The molecule has 2 N–H and O–H groups in total. The fourth-order valence-electron chi connectivity index (χ4n) is 1.18. The minimum Gasteiger partial charge on any atom is -0.481 e. The Balaban J connectivity index is 2.67. The first-order chi connectivity index (χ1) is 8.04. The molecule has 0 saturated carbocycles. The molecule has 0 atom stereocenters. The summed E-state index contributed by atoms with van der Waals surface area (Å²) in [6, 6.07) is 4.89. The number of nitriles is 1. The smallest absolute Gasteiger partial charge is 0.305 e. The average Bonchev–Trinajstić information content (AvgIpc) is 2.28. The number of amides is 1. The van der Waals surface area contributed by atoms with E-state index in [1.807, 2.05) is 6.07 Å². The van der Waals surface area contributed by atoms with Crippen molar-refractivity contribution < 1.29 is 14.7 Å². The summed E-state index contributed by atoms with van der Waals surface area (Å²) in [4.78, 5) is 25.7. The van der Waals surface area contributed by atoms with Crippen molar-refractivity contribution in [3.05, 3.63) is 29.1 Å². The highest BCUT2D eigenvalue weighted by molar-refractivity contribution is 5.92. The number of aromatic nitrogens is 1. The van der Waals surface area contributed by atoms with E-state index in [-0.39, 0.29) is 18.7 Å². The molecule has 0 aromatic carbocycles. The maximum Gasteiger partial charge on any atom is 0.305 e. The van der Waals surface area contributed by atoms with Gasteiger partial charge in [0.05, 0.1) is 17.7 Å². The molecule has 0 fully saturated rings. The van der Waals surface area contributed by atoms with Crippen LogP contribution in [-0.2, 0) is 4.79 Å². The number of hydrogen-bond acceptors (Lipinski definition) is 4. The molecule has 88 valence electrons. The Morgan fingerprint density at radius 1 is 1.53 bits per heavy atom. The van der Waals surface area contributed by atoms with E-state index in [4.69, 9.17) is 10.4 Å². The molecule has 0 bridgehead atoms. The molecule has 0 radical (unpaired) electrons. The summed E-state index contributed by atoms with van der Waals surface area (Å²) < 4.78 is 0. The first-order valence-electron chi connectivity index (χ1n) is 4.92. The number of rotatable bonds is 4. The first kappa shape index (κ1) is 12.6. The minimum atomic E-state index is -0.978. The lowest BCUT2D eigenvalue weighted by atomic mass is 10.2. The van der Waals surface area contributed by atoms with Gasteiger partial charge in [-0.1, -0.05) is 0 Å². The van der Waals surface area contributed by atoms with E-state index in [9.17, 15) is 9.59 Å². The second-order valence-corrected chi connectivity index (χ2v) is 3.34. The monoisotopic (exact) mass is 233 g/mol. The maximum atomic E-state index is 11.5. The number of nitrogens with one attached hydrogen (secondary N) is 1. The molecule has 17 heavy (non-hydrogen) atoms. The van der Waals surface area contributed by atoms with Gasteiger partial charge in [0.15, 0.2) is 0 Å². The molecule has 0 spiro atoms. The van der Waals surface area contributed by atoms with Crippen LogP contribution < -0.4 is 5.32 Å². The van der Waals surface area contributed by atoms with E-state index >= 15 is 0 Å². The summed E-state index contributed by atoms with van der Waals surface area (Å²) in [6.07, 6.45) is -0.138. The Bertz CT molecular complexity index is 491. The summed E-state index contributed by atoms with van der Waals surface area (Å²) >= 11 is 0. The first-order valence-corrected chi connectivity index (χ1v) is 4.92. The average molecular weight is 233 g/mol. The van der Waals surface area contributed by atoms with E-state index in [1.54, 1.807) is 6.92 Å². The van der Waals surface area contributed by atoms with Crippen LogP contribution in [0.25, 0.3) is 0 Å². The highest BCUT2D eigenvalue weighted by Crippen LogP contribution is 2.05. The highest BCUT2D eigenvalue weighted by atomic mass is 16.4. The number of nitrogens with zero attached hydrogens (tertiary/aromatic N) is 2. The molecule has 0 aliphatic heterocycles. The van der Waals surface area contributed by atoms with Gasteiger partial charge in [-0.25, -0.2) is 4.98 Å². The number of aliphatic carboxylic acids is 1. The summed E-state index contributed by atoms with van der Waals surface area (Å²) in [5.41, 5.74) is 1.05. The fourth-order valence-corrected chi connectivity index (χ4v) is 1.18. The number of pyridine rings is 1. The van der Waals surface area contributed by atoms with Crippen LogP contribution in [0.5, 0.6) is 0 Å². The molecule has 0 aliphatic carbocycles. The maximum absolute atomic E-state index is 11.5. The van der Waals surface area contributed by atoms with Gasteiger partial charge in [-0.3, -0.25) is 9.59 Å². The Morgan fingerprint density at radius 2 is 2.24 bits per heavy atom. The number of hydrogen-bond donors (Lipinski definition) is 2. The molecule has 6 heteroatoms. The number of carboxylic acid groups (broad SMARTS) is 1. The van der Waals surface area contributed by atoms with Crippen LogP contribution >= 0.6 is 0 Å². The van der Waals surface area contributed by atoms with Gasteiger partial charge in [0.2, 0.25) is 0 Å². The fraction of sp³-hybridized carbons (Fsp3) is 0.273. The van der Waals surface area contributed by atoms with Crippen LogP contribution in [0.2, 0.25) is 0 Å². The zero-order chi connectivity index (χ0) is 12.8. The molecule has 1 heterocycles. The van der Waals surface area contributed by atoms with Crippen LogP contribution in [0, 0.1) is 18.3 Å². The van der Waals surface area contributed by atoms with Crippen molar-refractivity contribution in [1.82, 2.24) is 10.3 Å². The van der Waals surface area contributed by atoms with Crippen LogP contribution in [0.4, 0.5) is 0 Å². The SMILES string of the molecule is Cc1nc(C(=O)NCCC(=O)O)ccc1C#N. The van der Waals surface area contributed by atoms with Crippen LogP contribution in [0.1, 0.15) is 28.2 Å². The van der Waals surface area contributed by atoms with Crippen molar-refractivity contribution in [1.29, 1.82) is 5.26 Å². The van der Waals surface area contributed by atoms with Crippen molar-refractivity contribution in [2.75, 3.05) is 6.54 Å². The van der Waals surface area contributed by atoms with E-state index in [0.29, 0.717) is 11.3 Å². The van der Waals surface area contributed by atoms with Crippen LogP contribution in [-0.4, -0.2) is 28.5 Å². The third-order valence-corrected chi connectivity index (χ3v) is 2.06. The lowest BCUT2D eigenvalue weighted by molar-refractivity contribution is -0.136. The Labute approximate surface area is 97.9 Å². The standard InChI is InChI=1S/C11H11N3O3/c1-7-8(6-12)2-3-9(14-7)11(17)13-5-4-10(15)16/h2-3H,4-5H2,1H3,(H,13,17)(H,15,16). The van der Waals surface area contributed by atoms with Gasteiger partial charge in [-0.05, 0) is 19.1 Å². The van der Waals surface area contributed by atoms with Gasteiger partial charge in [0.1, 0.15) is 11.8 Å². The highest BCUT2D eigenvalue weighted by Gasteiger charge is 2.09. The van der Waals surface area contributed by atoms with Crippen molar-refractivity contribution in [3.8, 4) is 6.07 Å². The van der Waals surface area contributed by atoms with Crippen LogP contribution in [0.15, 0.2) is 12.1 Å². The van der Waals surface area contributed by atoms with E-state index < -0.39 is 11.9 Å². The van der Waals surface area contributed by atoms with Gasteiger partial charge >= 0.3 is 5.97 Å². The normalized spacial score (nSPS) is 9.41. The predicted octanol–water partition coefficient (Wildman–Crippen LogP) is 0.466. The molecule has 0 aliphatic rings. The molecule has 1 aromatic heterocycles. The van der Waals surface area contributed by atoms with Crippen molar-refractivity contribution in [2.45, 2.75) is 13.3 Å². The molecule has 1 amide bonds.